The van der Waals surface area contributed by atoms with E-state index in [1.165, 1.54) is 7.11 Å². The number of hydrogen-bond donors (Lipinski definition) is 0. The third-order valence-corrected chi connectivity index (χ3v) is 3.74. The molecule has 2 aromatic carbocycles. The number of nitrogens with zero attached hydrogens (tertiary/aromatic N) is 2. The average molecular weight is 345 g/mol. The zero-order chi connectivity index (χ0) is 16.4. The van der Waals surface area contributed by atoms with Gasteiger partial charge in [0.25, 0.3) is 0 Å². The molecule has 4 nitrogen and oxygen atoms in total. The van der Waals surface area contributed by atoms with Crippen molar-refractivity contribution in [3.05, 3.63) is 57.9 Å². The summed E-state index contributed by atoms with van der Waals surface area (Å²) in [7, 11) is 1.49. The van der Waals surface area contributed by atoms with Crippen LogP contribution in [0.15, 0.2) is 40.8 Å². The highest BCUT2D eigenvalue weighted by Gasteiger charge is 2.12. The van der Waals surface area contributed by atoms with Crippen LogP contribution in [0, 0.1) is 11.3 Å². The van der Waals surface area contributed by atoms with Gasteiger partial charge in [0.2, 0.25) is 5.89 Å². The fourth-order valence-electron chi connectivity index (χ4n) is 2.15. The first-order valence-corrected chi connectivity index (χ1v) is 7.38. The SMILES string of the molecule is COc1c(Cl)cc(/C=C(\C#N)c2nc3ccccc3o2)cc1Cl. The number of aromatic nitrogens is 1. The van der Waals surface area contributed by atoms with Gasteiger partial charge in [-0.3, -0.25) is 0 Å². The number of para-hydroxylation sites is 2. The lowest BCUT2D eigenvalue weighted by Gasteiger charge is -2.06. The molecule has 0 saturated heterocycles. The van der Waals surface area contributed by atoms with Crippen molar-refractivity contribution in [2.45, 2.75) is 0 Å². The molecule has 1 aromatic heterocycles. The molecule has 0 aliphatic heterocycles. The van der Waals surface area contributed by atoms with Crippen molar-refractivity contribution in [1.29, 1.82) is 5.26 Å². The molecule has 3 aromatic rings. The molecule has 0 aliphatic rings. The standard InChI is InChI=1S/C17H10Cl2N2O2/c1-22-16-12(18)7-10(8-13(16)19)6-11(9-20)17-21-14-4-2-3-5-15(14)23-17/h2-8H,1H3/b11-6+. The van der Waals surface area contributed by atoms with Crippen LogP contribution in [0.3, 0.4) is 0 Å². The molecule has 0 amide bonds. The number of halogens is 2. The van der Waals surface area contributed by atoms with Crippen molar-refractivity contribution in [3.63, 3.8) is 0 Å². The second-order valence-electron chi connectivity index (χ2n) is 4.67. The fourth-order valence-corrected chi connectivity index (χ4v) is 2.81. The molecule has 0 saturated carbocycles. The topological polar surface area (TPSA) is 59.0 Å². The molecule has 0 fully saturated rings. The van der Waals surface area contributed by atoms with Crippen LogP contribution in [-0.4, -0.2) is 12.1 Å². The maximum absolute atomic E-state index is 9.40. The number of methoxy groups -OCH3 is 1. The third kappa shape index (κ3) is 3.02. The smallest absolute Gasteiger partial charge is 0.238 e. The predicted molar refractivity (Wildman–Crippen MR) is 90.5 cm³/mol. The Morgan fingerprint density at radius 2 is 1.96 bits per heavy atom. The zero-order valence-corrected chi connectivity index (χ0v) is 13.5. The van der Waals surface area contributed by atoms with Crippen molar-refractivity contribution in [1.82, 2.24) is 4.98 Å². The number of fused-ring (bicyclic) bond motifs is 1. The van der Waals surface area contributed by atoms with Crippen molar-refractivity contribution in [3.8, 4) is 11.8 Å². The largest absolute Gasteiger partial charge is 0.494 e. The quantitative estimate of drug-likeness (QED) is 0.612. The van der Waals surface area contributed by atoms with Crippen LogP contribution in [-0.2, 0) is 0 Å². The van der Waals surface area contributed by atoms with Gasteiger partial charge in [-0.05, 0) is 35.9 Å². The Morgan fingerprint density at radius 1 is 1.26 bits per heavy atom. The molecule has 0 bridgehead atoms. The number of benzene rings is 2. The minimum absolute atomic E-state index is 0.247. The number of hydrogen-bond acceptors (Lipinski definition) is 4. The van der Waals surface area contributed by atoms with Crippen LogP contribution in [0.1, 0.15) is 11.5 Å². The van der Waals surface area contributed by atoms with E-state index in [2.05, 4.69) is 11.1 Å². The Bertz CT molecular complexity index is 899. The molecule has 0 atom stereocenters. The van der Waals surface area contributed by atoms with Gasteiger partial charge in [0.05, 0.1) is 17.2 Å². The first kappa shape index (κ1) is 15.4. The minimum Gasteiger partial charge on any atom is -0.494 e. The van der Waals surface area contributed by atoms with E-state index >= 15 is 0 Å². The summed E-state index contributed by atoms with van der Waals surface area (Å²) in [5.41, 5.74) is 2.24. The predicted octanol–water partition coefficient (Wildman–Crippen LogP) is 5.21. The molecule has 114 valence electrons. The van der Waals surface area contributed by atoms with Crippen LogP contribution in [0.2, 0.25) is 10.0 Å². The van der Waals surface area contributed by atoms with Crippen LogP contribution >= 0.6 is 23.2 Å². The Morgan fingerprint density at radius 3 is 2.57 bits per heavy atom. The lowest BCUT2D eigenvalue weighted by atomic mass is 10.1. The normalized spacial score (nSPS) is 11.5. The molecule has 1 heterocycles. The molecule has 0 spiro atoms. The van der Waals surface area contributed by atoms with E-state index in [9.17, 15) is 5.26 Å². The average Bonchev–Trinajstić information content (AvgIpc) is 2.96. The van der Waals surface area contributed by atoms with Crippen molar-refractivity contribution < 1.29 is 9.15 Å². The second-order valence-corrected chi connectivity index (χ2v) is 5.49. The fraction of sp³-hybridized carbons (Fsp3) is 0.0588. The molecule has 6 heteroatoms. The highest BCUT2D eigenvalue weighted by Crippen LogP contribution is 2.35. The van der Waals surface area contributed by atoms with Gasteiger partial charge in [0, 0.05) is 0 Å². The summed E-state index contributed by atoms with van der Waals surface area (Å²) in [6, 6.07) is 12.7. The molecule has 0 aliphatic carbocycles. The number of oxazole rings is 1. The molecule has 0 unspecified atom stereocenters. The van der Waals surface area contributed by atoms with Crippen molar-refractivity contribution in [2.75, 3.05) is 7.11 Å². The molecule has 0 N–H and O–H groups in total. The number of rotatable bonds is 3. The van der Waals surface area contributed by atoms with Gasteiger partial charge in [-0.25, -0.2) is 4.98 Å². The van der Waals surface area contributed by atoms with E-state index in [0.717, 1.165) is 0 Å². The van der Waals surface area contributed by atoms with E-state index in [4.69, 9.17) is 32.4 Å². The Labute approximate surface area is 142 Å². The lowest BCUT2D eigenvalue weighted by Crippen LogP contribution is -1.87. The Kier molecular flexibility index (Phi) is 4.24. The lowest BCUT2D eigenvalue weighted by molar-refractivity contribution is 0.415. The second kappa shape index (κ2) is 6.33. The summed E-state index contributed by atoms with van der Waals surface area (Å²) in [5.74, 6) is 0.641. The van der Waals surface area contributed by atoms with Crippen LogP contribution in [0.4, 0.5) is 0 Å². The highest BCUT2D eigenvalue weighted by atomic mass is 35.5. The summed E-state index contributed by atoms with van der Waals surface area (Å²) >= 11 is 12.2. The van der Waals surface area contributed by atoms with E-state index < -0.39 is 0 Å². The van der Waals surface area contributed by atoms with E-state index in [0.29, 0.717) is 32.5 Å². The van der Waals surface area contributed by atoms with Gasteiger partial charge < -0.3 is 9.15 Å². The number of ether oxygens (including phenoxy) is 1. The summed E-state index contributed by atoms with van der Waals surface area (Å²) < 4.78 is 10.7. The van der Waals surface area contributed by atoms with Crippen LogP contribution in [0.25, 0.3) is 22.7 Å². The molecule has 3 rings (SSSR count). The van der Waals surface area contributed by atoms with Gasteiger partial charge in [-0.2, -0.15) is 5.26 Å². The third-order valence-electron chi connectivity index (χ3n) is 3.18. The summed E-state index contributed by atoms with van der Waals surface area (Å²) in [4.78, 5) is 4.31. The molecular weight excluding hydrogens is 335 g/mol. The van der Waals surface area contributed by atoms with Crippen LogP contribution in [0.5, 0.6) is 5.75 Å². The van der Waals surface area contributed by atoms with Gasteiger partial charge in [0.15, 0.2) is 11.3 Å². The Hall–Kier alpha value is -2.48. The molecule has 23 heavy (non-hydrogen) atoms. The van der Waals surface area contributed by atoms with Crippen molar-refractivity contribution >= 4 is 46.0 Å². The highest BCUT2D eigenvalue weighted by molar-refractivity contribution is 6.37. The van der Waals surface area contributed by atoms with Gasteiger partial charge >= 0.3 is 0 Å². The number of nitriles is 1. The number of allylic oxidation sites excluding steroid dienone is 1. The molecule has 0 radical (unpaired) electrons. The summed E-state index contributed by atoms with van der Waals surface area (Å²) in [5, 5.41) is 10.1. The van der Waals surface area contributed by atoms with Gasteiger partial charge in [0.1, 0.15) is 17.2 Å². The maximum Gasteiger partial charge on any atom is 0.238 e. The summed E-state index contributed by atoms with van der Waals surface area (Å²) in [6.07, 6.45) is 1.61. The Balaban J connectivity index is 2.07. The van der Waals surface area contributed by atoms with E-state index in [-0.39, 0.29) is 11.5 Å². The van der Waals surface area contributed by atoms with Crippen LogP contribution < -0.4 is 4.74 Å². The zero-order valence-electron chi connectivity index (χ0n) is 12.0. The van der Waals surface area contributed by atoms with E-state index in [1.54, 1.807) is 24.3 Å². The maximum atomic E-state index is 9.40. The monoisotopic (exact) mass is 344 g/mol. The van der Waals surface area contributed by atoms with Crippen molar-refractivity contribution in [2.24, 2.45) is 0 Å². The summed E-state index contributed by atoms with van der Waals surface area (Å²) in [6.45, 7) is 0. The molecular formula is C17H10Cl2N2O2. The van der Waals surface area contributed by atoms with Gasteiger partial charge in [-0.15, -0.1) is 0 Å². The van der Waals surface area contributed by atoms with E-state index in [1.807, 2.05) is 18.2 Å². The first-order valence-electron chi connectivity index (χ1n) is 6.63. The minimum atomic E-state index is 0.247. The first-order chi connectivity index (χ1) is 11.1. The van der Waals surface area contributed by atoms with Gasteiger partial charge in [-0.1, -0.05) is 35.3 Å².